The summed E-state index contributed by atoms with van der Waals surface area (Å²) >= 11 is 9.19. The summed E-state index contributed by atoms with van der Waals surface area (Å²) in [4.78, 5) is 24.8. The molecular weight excluding hydrogens is 420 g/mol. The van der Waals surface area contributed by atoms with Crippen LogP contribution in [0.15, 0.2) is 58.7 Å². The number of nitrogens with one attached hydrogen (secondary N) is 2. The lowest BCUT2D eigenvalue weighted by molar-refractivity contribution is -0.117. The average Bonchev–Trinajstić information content (AvgIpc) is 2.63. The van der Waals surface area contributed by atoms with Gasteiger partial charge in [-0.3, -0.25) is 9.59 Å². The number of aliphatic hydroxyl groups excluding tert-OH is 1. The lowest BCUT2D eigenvalue weighted by Gasteiger charge is -2.11. The Balaban J connectivity index is 2.21. The van der Waals surface area contributed by atoms with Crippen molar-refractivity contribution in [2.45, 2.75) is 6.42 Å². The van der Waals surface area contributed by atoms with Gasteiger partial charge in [0.05, 0.1) is 0 Å². The van der Waals surface area contributed by atoms with Gasteiger partial charge in [-0.2, -0.15) is 0 Å². The molecule has 0 aliphatic rings. The molecule has 0 spiro atoms. The van der Waals surface area contributed by atoms with Gasteiger partial charge in [-0.25, -0.2) is 0 Å². The molecule has 2 aromatic carbocycles. The van der Waals surface area contributed by atoms with E-state index in [1.165, 1.54) is 0 Å². The molecule has 0 aliphatic carbocycles. The van der Waals surface area contributed by atoms with Crippen molar-refractivity contribution in [2.24, 2.45) is 0 Å². The molecule has 5 nitrogen and oxygen atoms in total. The van der Waals surface area contributed by atoms with Gasteiger partial charge in [-0.1, -0.05) is 39.7 Å². The number of hydrogen-bond donors (Lipinski definition) is 3. The highest BCUT2D eigenvalue weighted by atomic mass is 79.9. The molecule has 3 N–H and O–H groups in total. The number of benzene rings is 2. The van der Waals surface area contributed by atoms with Crippen LogP contribution in [0.3, 0.4) is 0 Å². The number of carbonyl (C=O) groups is 2. The molecule has 136 valence electrons. The molecule has 2 rings (SSSR count). The van der Waals surface area contributed by atoms with E-state index in [0.29, 0.717) is 23.6 Å². The van der Waals surface area contributed by atoms with Gasteiger partial charge in [0.2, 0.25) is 0 Å². The second-order valence-corrected chi connectivity index (χ2v) is 6.76. The van der Waals surface area contributed by atoms with Gasteiger partial charge in [0, 0.05) is 28.2 Å². The molecule has 0 unspecified atom stereocenters. The first kappa shape index (κ1) is 20.2. The molecule has 0 heterocycles. The smallest absolute Gasteiger partial charge is 0.267 e. The fraction of sp³-hybridized carbons (Fsp3) is 0.158. The predicted molar refractivity (Wildman–Crippen MR) is 106 cm³/mol. The molecule has 26 heavy (non-hydrogen) atoms. The Labute approximate surface area is 165 Å². The van der Waals surface area contributed by atoms with Crippen molar-refractivity contribution in [3.05, 3.63) is 74.9 Å². The summed E-state index contributed by atoms with van der Waals surface area (Å²) in [7, 11) is 0. The van der Waals surface area contributed by atoms with Crippen LogP contribution in [-0.2, 0) is 4.79 Å². The third-order valence-electron chi connectivity index (χ3n) is 3.40. The van der Waals surface area contributed by atoms with E-state index in [-0.39, 0.29) is 12.3 Å². The van der Waals surface area contributed by atoms with Crippen molar-refractivity contribution in [2.75, 3.05) is 13.2 Å². The molecule has 0 radical (unpaired) electrons. The highest BCUT2D eigenvalue weighted by molar-refractivity contribution is 9.10. The average molecular weight is 438 g/mol. The first-order chi connectivity index (χ1) is 12.5. The minimum absolute atomic E-state index is 0.0260. The molecule has 0 aliphatic heterocycles. The zero-order valence-electron chi connectivity index (χ0n) is 13.8. The van der Waals surface area contributed by atoms with Gasteiger partial charge < -0.3 is 15.7 Å². The van der Waals surface area contributed by atoms with Gasteiger partial charge in [0.25, 0.3) is 11.8 Å². The maximum absolute atomic E-state index is 12.4. The van der Waals surface area contributed by atoms with Crippen LogP contribution in [0.25, 0.3) is 6.08 Å². The number of hydrogen-bond acceptors (Lipinski definition) is 3. The summed E-state index contributed by atoms with van der Waals surface area (Å²) in [6, 6.07) is 13.7. The van der Waals surface area contributed by atoms with Crippen molar-refractivity contribution in [3.63, 3.8) is 0 Å². The van der Waals surface area contributed by atoms with Crippen molar-refractivity contribution < 1.29 is 14.7 Å². The SMILES string of the molecule is O=C(NCCCO)/C(=C/c1ccc(Cl)cc1)NC(=O)c1ccc(Br)cc1. The van der Waals surface area contributed by atoms with Gasteiger partial charge >= 0.3 is 0 Å². The van der Waals surface area contributed by atoms with Crippen molar-refractivity contribution in [3.8, 4) is 0 Å². The monoisotopic (exact) mass is 436 g/mol. The first-order valence-electron chi connectivity index (χ1n) is 7.93. The van der Waals surface area contributed by atoms with E-state index in [1.54, 1.807) is 54.6 Å². The van der Waals surface area contributed by atoms with E-state index >= 15 is 0 Å². The fourth-order valence-corrected chi connectivity index (χ4v) is 2.45. The topological polar surface area (TPSA) is 78.4 Å². The summed E-state index contributed by atoms with van der Waals surface area (Å²) < 4.78 is 0.854. The van der Waals surface area contributed by atoms with E-state index in [2.05, 4.69) is 26.6 Å². The lowest BCUT2D eigenvalue weighted by Crippen LogP contribution is -2.35. The van der Waals surface area contributed by atoms with Gasteiger partial charge in [0.15, 0.2) is 0 Å². The van der Waals surface area contributed by atoms with Crippen molar-refractivity contribution in [1.29, 1.82) is 0 Å². The molecular formula is C19H18BrClN2O3. The number of halogens is 2. The molecule has 0 bridgehead atoms. The van der Waals surface area contributed by atoms with Gasteiger partial charge in [-0.05, 0) is 54.5 Å². The van der Waals surface area contributed by atoms with Crippen LogP contribution in [0.2, 0.25) is 5.02 Å². The Morgan fingerprint density at radius 3 is 2.35 bits per heavy atom. The van der Waals surface area contributed by atoms with Gasteiger partial charge in [-0.15, -0.1) is 0 Å². The van der Waals surface area contributed by atoms with E-state index in [1.807, 2.05) is 0 Å². The molecule has 0 saturated heterocycles. The lowest BCUT2D eigenvalue weighted by atomic mass is 10.1. The third-order valence-corrected chi connectivity index (χ3v) is 4.18. The van der Waals surface area contributed by atoms with Crippen LogP contribution in [-0.4, -0.2) is 30.1 Å². The Morgan fingerprint density at radius 1 is 1.08 bits per heavy atom. The highest BCUT2D eigenvalue weighted by Crippen LogP contribution is 2.13. The summed E-state index contributed by atoms with van der Waals surface area (Å²) in [6.07, 6.45) is 2.00. The molecule has 0 aromatic heterocycles. The van der Waals surface area contributed by atoms with E-state index in [0.717, 1.165) is 10.0 Å². The summed E-state index contributed by atoms with van der Waals surface area (Å²) in [5.41, 5.74) is 1.26. The van der Waals surface area contributed by atoms with Gasteiger partial charge in [0.1, 0.15) is 5.70 Å². The largest absolute Gasteiger partial charge is 0.396 e. The standard InChI is InChI=1S/C19H18BrClN2O3/c20-15-6-4-14(5-7-15)18(25)23-17(19(26)22-10-1-11-24)12-13-2-8-16(21)9-3-13/h2-9,12,24H,1,10-11H2,(H,22,26)(H,23,25)/b17-12-. The Morgan fingerprint density at radius 2 is 1.73 bits per heavy atom. The van der Waals surface area contributed by atoms with Crippen molar-refractivity contribution in [1.82, 2.24) is 10.6 Å². The van der Waals surface area contributed by atoms with Crippen LogP contribution in [0, 0.1) is 0 Å². The normalized spacial score (nSPS) is 11.1. The van der Waals surface area contributed by atoms with Crippen LogP contribution < -0.4 is 10.6 Å². The van der Waals surface area contributed by atoms with E-state index in [9.17, 15) is 9.59 Å². The highest BCUT2D eigenvalue weighted by Gasteiger charge is 2.14. The second kappa shape index (κ2) is 10.1. The van der Waals surface area contributed by atoms with Crippen LogP contribution in [0.5, 0.6) is 0 Å². The predicted octanol–water partition coefficient (Wildman–Crippen LogP) is 3.37. The number of rotatable bonds is 7. The van der Waals surface area contributed by atoms with Crippen LogP contribution in [0.1, 0.15) is 22.3 Å². The first-order valence-corrected chi connectivity index (χ1v) is 9.10. The molecule has 0 fully saturated rings. The number of carbonyl (C=O) groups excluding carboxylic acids is 2. The Hall–Kier alpha value is -2.15. The molecule has 0 saturated carbocycles. The zero-order chi connectivity index (χ0) is 18.9. The summed E-state index contributed by atoms with van der Waals surface area (Å²) in [6.45, 7) is 0.281. The Kier molecular flexibility index (Phi) is 7.84. The fourth-order valence-electron chi connectivity index (χ4n) is 2.06. The minimum Gasteiger partial charge on any atom is -0.396 e. The van der Waals surface area contributed by atoms with Crippen molar-refractivity contribution >= 4 is 45.4 Å². The number of amides is 2. The molecule has 2 amide bonds. The maximum Gasteiger partial charge on any atom is 0.267 e. The maximum atomic E-state index is 12.4. The molecule has 7 heteroatoms. The molecule has 0 atom stereocenters. The molecule has 2 aromatic rings. The van der Waals surface area contributed by atoms with E-state index in [4.69, 9.17) is 16.7 Å². The minimum atomic E-state index is -0.432. The quantitative estimate of drug-likeness (QED) is 0.459. The summed E-state index contributed by atoms with van der Waals surface area (Å²) in [5.74, 6) is -0.825. The van der Waals surface area contributed by atoms with Crippen LogP contribution in [0.4, 0.5) is 0 Å². The van der Waals surface area contributed by atoms with E-state index < -0.39 is 11.8 Å². The Bertz CT molecular complexity index is 789. The zero-order valence-corrected chi connectivity index (χ0v) is 16.2. The van der Waals surface area contributed by atoms with Crippen LogP contribution >= 0.6 is 27.5 Å². The third kappa shape index (κ3) is 6.29. The second-order valence-electron chi connectivity index (χ2n) is 5.40. The summed E-state index contributed by atoms with van der Waals surface area (Å²) in [5, 5.41) is 14.7. The number of aliphatic hydroxyl groups is 1.